The van der Waals surface area contributed by atoms with Gasteiger partial charge in [0.05, 0.1) is 35.3 Å². The molecule has 1 aliphatic heterocycles. The molecule has 164 valence electrons. The topological polar surface area (TPSA) is 73.2 Å². The van der Waals surface area contributed by atoms with Crippen molar-refractivity contribution in [3.63, 3.8) is 0 Å². The average Bonchev–Trinajstić information content (AvgIpc) is 3.08. The van der Waals surface area contributed by atoms with Crippen molar-refractivity contribution < 1.29 is 13.9 Å². The summed E-state index contributed by atoms with van der Waals surface area (Å²) in [6.07, 6.45) is 1.45. The van der Waals surface area contributed by atoms with Crippen LogP contribution in [0.4, 0.5) is 16.0 Å². The van der Waals surface area contributed by atoms with Crippen LogP contribution in [0.1, 0.15) is 5.56 Å². The first kappa shape index (κ1) is 20.5. The van der Waals surface area contributed by atoms with Gasteiger partial charge in [-0.05, 0) is 42.0 Å². The Morgan fingerprint density at radius 3 is 2.78 bits per heavy atom. The summed E-state index contributed by atoms with van der Waals surface area (Å²) in [5.74, 6) is 0.609. The normalized spacial score (nSPS) is 13.7. The monoisotopic (exact) mass is 453 g/mol. The third-order valence-electron chi connectivity index (χ3n) is 5.25. The molecule has 0 unspecified atom stereocenters. The second-order valence-corrected chi connectivity index (χ2v) is 8.05. The summed E-state index contributed by atoms with van der Waals surface area (Å²) in [4.78, 5) is 8.67. The number of anilines is 2. The number of aromatic nitrogens is 3. The van der Waals surface area contributed by atoms with Gasteiger partial charge in [0.25, 0.3) is 0 Å². The second-order valence-electron chi connectivity index (χ2n) is 7.61. The number of nitrogens with one attached hydrogen (secondary N) is 2. The lowest BCUT2D eigenvalue weighted by Gasteiger charge is -2.27. The zero-order valence-corrected chi connectivity index (χ0v) is 18.1. The van der Waals surface area contributed by atoms with Gasteiger partial charge in [-0.1, -0.05) is 17.7 Å². The van der Waals surface area contributed by atoms with Crippen molar-refractivity contribution >= 4 is 34.3 Å². The average molecular weight is 454 g/mol. The van der Waals surface area contributed by atoms with E-state index in [4.69, 9.17) is 21.1 Å². The molecule has 2 N–H and O–H groups in total. The number of hydrogen-bond acceptors (Lipinski definition) is 6. The first-order valence-electron chi connectivity index (χ1n) is 10.2. The summed E-state index contributed by atoms with van der Waals surface area (Å²) >= 11 is 5.81. The largest absolute Gasteiger partial charge is 0.436 e. The van der Waals surface area contributed by atoms with Gasteiger partial charge in [-0.2, -0.15) is 0 Å². The molecule has 1 aliphatic rings. The van der Waals surface area contributed by atoms with E-state index in [0.29, 0.717) is 23.6 Å². The van der Waals surface area contributed by atoms with Gasteiger partial charge in [0, 0.05) is 31.5 Å². The van der Waals surface area contributed by atoms with E-state index in [1.807, 2.05) is 23.7 Å². The van der Waals surface area contributed by atoms with Crippen LogP contribution in [0.5, 0.6) is 11.6 Å². The maximum Gasteiger partial charge on any atom is 0.219 e. The lowest BCUT2D eigenvalue weighted by atomic mass is 10.2. The van der Waals surface area contributed by atoms with E-state index in [-0.39, 0.29) is 11.6 Å². The number of ether oxygens (including phenoxy) is 2. The first-order valence-corrected chi connectivity index (χ1v) is 10.6. The quantitative estimate of drug-likeness (QED) is 0.411. The maximum atomic E-state index is 14.5. The Bertz CT molecular complexity index is 1260. The molecule has 0 radical (unpaired) electrons. The van der Waals surface area contributed by atoms with Gasteiger partial charge >= 0.3 is 0 Å². The maximum absolute atomic E-state index is 14.5. The van der Waals surface area contributed by atoms with E-state index in [1.165, 1.54) is 12.3 Å². The smallest absolute Gasteiger partial charge is 0.219 e. The molecule has 9 heteroatoms. The molecule has 7 nitrogen and oxygen atoms in total. The molecular formula is C23H21ClFN5O2. The molecule has 2 aromatic heterocycles. The molecule has 1 saturated heterocycles. The molecular weight excluding hydrogens is 433 g/mol. The molecule has 0 aliphatic carbocycles. The Kier molecular flexibility index (Phi) is 5.55. The number of hydrogen-bond donors (Lipinski definition) is 2. The number of nitrogens with zero attached hydrogens (tertiary/aromatic N) is 3. The van der Waals surface area contributed by atoms with Crippen LogP contribution in [0, 0.1) is 5.82 Å². The third-order valence-corrected chi connectivity index (χ3v) is 5.47. The predicted molar refractivity (Wildman–Crippen MR) is 122 cm³/mol. The second kappa shape index (κ2) is 8.64. The summed E-state index contributed by atoms with van der Waals surface area (Å²) in [5.41, 5.74) is 3.69. The molecule has 32 heavy (non-hydrogen) atoms. The van der Waals surface area contributed by atoms with E-state index in [2.05, 4.69) is 26.7 Å². The highest BCUT2D eigenvalue weighted by atomic mass is 35.5. The zero-order chi connectivity index (χ0) is 22.1. The summed E-state index contributed by atoms with van der Waals surface area (Å²) < 4.78 is 27.2. The molecule has 0 saturated carbocycles. The van der Waals surface area contributed by atoms with Gasteiger partial charge in [-0.3, -0.25) is 0 Å². The van der Waals surface area contributed by atoms with Crippen molar-refractivity contribution in [2.45, 2.75) is 12.6 Å². The van der Waals surface area contributed by atoms with E-state index >= 15 is 0 Å². The molecule has 0 bridgehead atoms. The summed E-state index contributed by atoms with van der Waals surface area (Å²) in [7, 11) is 1.95. The van der Waals surface area contributed by atoms with Gasteiger partial charge < -0.3 is 24.7 Å². The number of fused-ring (bicyclic) bond motifs is 1. The van der Waals surface area contributed by atoms with Crippen LogP contribution in [0.3, 0.4) is 0 Å². The molecule has 0 atom stereocenters. The van der Waals surface area contributed by atoms with E-state index in [1.54, 1.807) is 24.3 Å². The Morgan fingerprint density at radius 1 is 1.19 bits per heavy atom. The fraction of sp³-hybridized carbons (Fsp3) is 0.217. The Hall–Kier alpha value is -3.36. The number of rotatable bonds is 7. The summed E-state index contributed by atoms with van der Waals surface area (Å²) in [6.45, 7) is 1.87. The van der Waals surface area contributed by atoms with Crippen LogP contribution in [0.25, 0.3) is 11.0 Å². The highest BCUT2D eigenvalue weighted by Crippen LogP contribution is 2.26. The SMILES string of the molecule is Cn1c(NCc2ccc(Oc3ccc(Cl)cn3)c(F)c2)nc2ccc(NC3COC3)cc21. The summed E-state index contributed by atoms with van der Waals surface area (Å²) in [5, 5.41) is 7.21. The van der Waals surface area contributed by atoms with Gasteiger partial charge in [-0.15, -0.1) is 0 Å². The number of benzene rings is 2. The summed E-state index contributed by atoms with van der Waals surface area (Å²) in [6, 6.07) is 14.5. The molecule has 2 aromatic carbocycles. The predicted octanol–water partition coefficient (Wildman–Crippen LogP) is 4.98. The minimum absolute atomic E-state index is 0.100. The van der Waals surface area contributed by atoms with Crippen molar-refractivity contribution in [2.24, 2.45) is 7.05 Å². The van der Waals surface area contributed by atoms with Gasteiger partial charge in [-0.25, -0.2) is 14.4 Å². The lowest BCUT2D eigenvalue weighted by molar-refractivity contribution is 0.0211. The van der Waals surface area contributed by atoms with Gasteiger partial charge in [0.2, 0.25) is 11.8 Å². The fourth-order valence-electron chi connectivity index (χ4n) is 3.45. The number of pyridine rings is 1. The highest BCUT2D eigenvalue weighted by Gasteiger charge is 2.18. The van der Waals surface area contributed by atoms with Crippen molar-refractivity contribution in [2.75, 3.05) is 23.8 Å². The number of imidazole rings is 1. The number of aryl methyl sites for hydroxylation is 1. The lowest BCUT2D eigenvalue weighted by Crippen LogP contribution is -2.40. The number of halogens is 2. The molecule has 1 fully saturated rings. The molecule has 0 amide bonds. The van der Waals surface area contributed by atoms with Crippen LogP contribution >= 0.6 is 11.6 Å². The van der Waals surface area contributed by atoms with E-state index in [0.717, 1.165) is 35.5 Å². The van der Waals surface area contributed by atoms with Crippen LogP contribution in [0.2, 0.25) is 5.02 Å². The highest BCUT2D eigenvalue weighted by molar-refractivity contribution is 6.30. The Balaban J connectivity index is 1.27. The molecule has 4 aromatic rings. The van der Waals surface area contributed by atoms with Crippen LogP contribution in [0.15, 0.2) is 54.7 Å². The fourth-order valence-corrected chi connectivity index (χ4v) is 3.56. The van der Waals surface area contributed by atoms with Crippen LogP contribution < -0.4 is 15.4 Å². The minimum Gasteiger partial charge on any atom is -0.436 e. The van der Waals surface area contributed by atoms with Crippen molar-refractivity contribution in [1.82, 2.24) is 14.5 Å². The molecule has 0 spiro atoms. The van der Waals surface area contributed by atoms with Crippen molar-refractivity contribution in [3.8, 4) is 11.6 Å². The molecule has 5 rings (SSSR count). The van der Waals surface area contributed by atoms with Crippen molar-refractivity contribution in [3.05, 3.63) is 71.1 Å². The first-order chi connectivity index (χ1) is 15.5. The van der Waals surface area contributed by atoms with Crippen LogP contribution in [-0.2, 0) is 18.3 Å². The Morgan fingerprint density at radius 2 is 2.06 bits per heavy atom. The third kappa shape index (κ3) is 4.32. The van der Waals surface area contributed by atoms with Crippen LogP contribution in [-0.4, -0.2) is 33.8 Å². The van der Waals surface area contributed by atoms with E-state index in [9.17, 15) is 4.39 Å². The zero-order valence-electron chi connectivity index (χ0n) is 17.3. The minimum atomic E-state index is -0.471. The van der Waals surface area contributed by atoms with E-state index < -0.39 is 5.82 Å². The van der Waals surface area contributed by atoms with Gasteiger partial charge in [0.15, 0.2) is 11.6 Å². The van der Waals surface area contributed by atoms with Gasteiger partial charge in [0.1, 0.15) is 0 Å². The molecule has 3 heterocycles. The standard InChI is InChI=1S/C23H21ClFN5O2/c1-30-20-9-16(28-17-12-31-13-17)4-5-19(20)29-23(30)27-10-14-2-6-21(18(25)8-14)32-22-7-3-15(24)11-26-22/h2-9,11,17,28H,10,12-13H2,1H3,(H,27,29). The Labute approximate surface area is 189 Å². The van der Waals surface area contributed by atoms with Crippen molar-refractivity contribution in [1.29, 1.82) is 0 Å².